The fourth-order valence-electron chi connectivity index (χ4n) is 1.91. The average Bonchev–Trinajstić information content (AvgIpc) is 2.55. The third-order valence-electron chi connectivity index (χ3n) is 3.01. The molecule has 0 heterocycles. The number of oxime groups is 1. The SMILES string of the molecule is CC(=O)Nc1ccc(/C(C)=N/OCCOc2ccccc2)cc1. The molecule has 0 aromatic heterocycles. The molecule has 0 unspecified atom stereocenters. The Morgan fingerprint density at radius 1 is 1.00 bits per heavy atom. The molecule has 0 saturated heterocycles. The highest BCUT2D eigenvalue weighted by Crippen LogP contribution is 2.11. The van der Waals surface area contributed by atoms with E-state index in [1.54, 1.807) is 0 Å². The summed E-state index contributed by atoms with van der Waals surface area (Å²) < 4.78 is 5.51. The van der Waals surface area contributed by atoms with E-state index in [4.69, 9.17) is 9.57 Å². The van der Waals surface area contributed by atoms with Crippen molar-refractivity contribution >= 4 is 17.3 Å². The molecule has 0 aliphatic carbocycles. The summed E-state index contributed by atoms with van der Waals surface area (Å²) >= 11 is 0. The third-order valence-corrected chi connectivity index (χ3v) is 3.01. The molecule has 1 amide bonds. The molecule has 1 N–H and O–H groups in total. The number of para-hydroxylation sites is 1. The normalized spacial score (nSPS) is 11.0. The van der Waals surface area contributed by atoms with Gasteiger partial charge in [0.25, 0.3) is 0 Å². The lowest BCUT2D eigenvalue weighted by atomic mass is 10.1. The molecule has 0 fully saturated rings. The predicted octanol–water partition coefficient (Wildman–Crippen LogP) is 3.46. The monoisotopic (exact) mass is 312 g/mol. The fourth-order valence-corrected chi connectivity index (χ4v) is 1.91. The summed E-state index contributed by atoms with van der Waals surface area (Å²) in [5, 5.41) is 6.79. The van der Waals surface area contributed by atoms with Gasteiger partial charge in [0.1, 0.15) is 12.4 Å². The van der Waals surface area contributed by atoms with Gasteiger partial charge in [0.2, 0.25) is 5.91 Å². The summed E-state index contributed by atoms with van der Waals surface area (Å²) in [6.07, 6.45) is 0. The average molecular weight is 312 g/mol. The Kier molecular flexibility index (Phi) is 6.17. The summed E-state index contributed by atoms with van der Waals surface area (Å²) in [7, 11) is 0. The van der Waals surface area contributed by atoms with E-state index in [1.165, 1.54) is 6.92 Å². The molecule has 0 aliphatic rings. The first-order valence-corrected chi connectivity index (χ1v) is 7.37. The van der Waals surface area contributed by atoms with Gasteiger partial charge in [-0.05, 0) is 36.8 Å². The maximum Gasteiger partial charge on any atom is 0.221 e. The molecular weight excluding hydrogens is 292 g/mol. The zero-order valence-electron chi connectivity index (χ0n) is 13.3. The number of nitrogens with zero attached hydrogens (tertiary/aromatic N) is 1. The number of carbonyl (C=O) groups is 1. The van der Waals surface area contributed by atoms with Crippen LogP contribution in [0.2, 0.25) is 0 Å². The van der Waals surface area contributed by atoms with Crippen LogP contribution >= 0.6 is 0 Å². The van der Waals surface area contributed by atoms with Crippen LogP contribution in [0.3, 0.4) is 0 Å². The summed E-state index contributed by atoms with van der Waals surface area (Å²) in [6.45, 7) is 4.15. The molecule has 0 bridgehead atoms. The van der Waals surface area contributed by atoms with Gasteiger partial charge >= 0.3 is 0 Å². The Bertz CT molecular complexity index is 652. The van der Waals surface area contributed by atoms with Crippen LogP contribution in [0.25, 0.3) is 0 Å². The maximum atomic E-state index is 11.0. The number of hydrogen-bond donors (Lipinski definition) is 1. The smallest absolute Gasteiger partial charge is 0.221 e. The molecule has 0 atom stereocenters. The van der Waals surface area contributed by atoms with Crippen LogP contribution in [0.4, 0.5) is 5.69 Å². The lowest BCUT2D eigenvalue weighted by Crippen LogP contribution is -2.07. The second-order valence-corrected chi connectivity index (χ2v) is 4.93. The summed E-state index contributed by atoms with van der Waals surface area (Å²) in [6, 6.07) is 17.0. The summed E-state index contributed by atoms with van der Waals surface area (Å²) in [5.41, 5.74) is 2.45. The van der Waals surface area contributed by atoms with Crippen molar-refractivity contribution in [2.45, 2.75) is 13.8 Å². The van der Waals surface area contributed by atoms with Crippen molar-refractivity contribution in [3.05, 3.63) is 60.2 Å². The van der Waals surface area contributed by atoms with Gasteiger partial charge < -0.3 is 14.9 Å². The van der Waals surface area contributed by atoms with Crippen LogP contribution in [-0.4, -0.2) is 24.8 Å². The predicted molar refractivity (Wildman–Crippen MR) is 90.8 cm³/mol. The molecule has 5 nitrogen and oxygen atoms in total. The molecule has 120 valence electrons. The van der Waals surface area contributed by atoms with Crippen molar-refractivity contribution in [1.82, 2.24) is 0 Å². The number of amides is 1. The minimum Gasteiger partial charge on any atom is -0.490 e. The minimum atomic E-state index is -0.0927. The molecule has 0 spiro atoms. The molecule has 0 radical (unpaired) electrons. The Balaban J connectivity index is 1.77. The van der Waals surface area contributed by atoms with E-state index in [0.29, 0.717) is 13.2 Å². The van der Waals surface area contributed by atoms with Crippen LogP contribution in [0.1, 0.15) is 19.4 Å². The molecule has 0 aliphatic heterocycles. The van der Waals surface area contributed by atoms with Gasteiger partial charge in [0.05, 0.1) is 5.71 Å². The van der Waals surface area contributed by atoms with Gasteiger partial charge in [-0.1, -0.05) is 35.5 Å². The van der Waals surface area contributed by atoms with E-state index < -0.39 is 0 Å². The Morgan fingerprint density at radius 2 is 1.70 bits per heavy atom. The highest BCUT2D eigenvalue weighted by Gasteiger charge is 2.00. The van der Waals surface area contributed by atoms with Gasteiger partial charge in [-0.2, -0.15) is 0 Å². The molecule has 2 aromatic carbocycles. The Hall–Kier alpha value is -2.82. The number of anilines is 1. The van der Waals surface area contributed by atoms with Crippen molar-refractivity contribution in [3.8, 4) is 5.75 Å². The van der Waals surface area contributed by atoms with Crippen LogP contribution in [0, 0.1) is 0 Å². The lowest BCUT2D eigenvalue weighted by molar-refractivity contribution is -0.114. The van der Waals surface area contributed by atoms with E-state index >= 15 is 0 Å². The molecule has 23 heavy (non-hydrogen) atoms. The standard InChI is InChI=1S/C18H20N2O3/c1-14(16-8-10-17(11-9-16)19-15(2)21)20-23-13-12-22-18-6-4-3-5-7-18/h3-11H,12-13H2,1-2H3,(H,19,21)/b20-14+. The second-order valence-electron chi connectivity index (χ2n) is 4.93. The van der Waals surface area contributed by atoms with Crippen molar-refractivity contribution in [2.24, 2.45) is 5.16 Å². The van der Waals surface area contributed by atoms with Crippen LogP contribution in [0.15, 0.2) is 59.8 Å². The largest absolute Gasteiger partial charge is 0.490 e. The Labute approximate surface area is 135 Å². The first-order chi connectivity index (χ1) is 11.1. The number of carbonyl (C=O) groups excluding carboxylic acids is 1. The first kappa shape index (κ1) is 16.5. The van der Waals surface area contributed by atoms with Crippen LogP contribution < -0.4 is 10.1 Å². The number of rotatable bonds is 7. The number of nitrogens with one attached hydrogen (secondary N) is 1. The van der Waals surface area contributed by atoms with Crippen molar-refractivity contribution in [3.63, 3.8) is 0 Å². The van der Waals surface area contributed by atoms with Crippen LogP contribution in [0.5, 0.6) is 5.75 Å². The first-order valence-electron chi connectivity index (χ1n) is 7.37. The van der Waals surface area contributed by atoms with E-state index in [0.717, 1.165) is 22.7 Å². The highest BCUT2D eigenvalue weighted by molar-refractivity contribution is 5.99. The zero-order chi connectivity index (χ0) is 16.5. The third kappa shape index (κ3) is 5.82. The number of hydrogen-bond acceptors (Lipinski definition) is 4. The van der Waals surface area contributed by atoms with E-state index in [1.807, 2.05) is 61.5 Å². The van der Waals surface area contributed by atoms with Crippen molar-refractivity contribution < 1.29 is 14.4 Å². The van der Waals surface area contributed by atoms with Gasteiger partial charge in [-0.15, -0.1) is 0 Å². The van der Waals surface area contributed by atoms with E-state index in [2.05, 4.69) is 10.5 Å². The molecule has 2 rings (SSSR count). The summed E-state index contributed by atoms with van der Waals surface area (Å²) in [4.78, 5) is 16.2. The lowest BCUT2D eigenvalue weighted by Gasteiger charge is -2.06. The van der Waals surface area contributed by atoms with Gasteiger partial charge in [-0.3, -0.25) is 4.79 Å². The quantitative estimate of drug-likeness (QED) is 0.484. The van der Waals surface area contributed by atoms with E-state index in [9.17, 15) is 4.79 Å². The number of ether oxygens (including phenoxy) is 1. The maximum absolute atomic E-state index is 11.0. The Morgan fingerprint density at radius 3 is 2.35 bits per heavy atom. The van der Waals surface area contributed by atoms with Crippen LogP contribution in [-0.2, 0) is 9.63 Å². The number of benzene rings is 2. The molecule has 0 saturated carbocycles. The molecule has 5 heteroatoms. The molecular formula is C18H20N2O3. The minimum absolute atomic E-state index is 0.0927. The van der Waals surface area contributed by atoms with E-state index in [-0.39, 0.29) is 5.91 Å². The topological polar surface area (TPSA) is 59.9 Å². The second kappa shape index (κ2) is 8.58. The van der Waals surface area contributed by atoms with Crippen molar-refractivity contribution in [2.75, 3.05) is 18.5 Å². The zero-order valence-corrected chi connectivity index (χ0v) is 13.3. The highest BCUT2D eigenvalue weighted by atomic mass is 16.6. The van der Waals surface area contributed by atoms with Gasteiger partial charge in [0.15, 0.2) is 6.61 Å². The molecule has 2 aromatic rings. The van der Waals surface area contributed by atoms with Gasteiger partial charge in [0, 0.05) is 12.6 Å². The fraction of sp³-hybridized carbons (Fsp3) is 0.222. The van der Waals surface area contributed by atoms with Gasteiger partial charge in [-0.25, -0.2) is 0 Å². The summed E-state index contributed by atoms with van der Waals surface area (Å²) in [5.74, 6) is 0.718. The van der Waals surface area contributed by atoms with Crippen molar-refractivity contribution in [1.29, 1.82) is 0 Å².